The molecule has 1 amide bonds. The fourth-order valence-corrected chi connectivity index (χ4v) is 1.87. The summed E-state index contributed by atoms with van der Waals surface area (Å²) < 4.78 is 5.49. The van der Waals surface area contributed by atoms with Crippen LogP contribution in [0, 0.1) is 6.92 Å². The number of nitrogens with one attached hydrogen (secondary N) is 1. The minimum atomic E-state index is -0.193. The standard InChI is InChI=1S/C16H18N2O2/c1-3-20-15-9-4-11(2)10-14(15)16(19)18-13-7-5-12(17)6-8-13/h4-10H,3,17H2,1-2H3,(H,18,19). The first-order chi connectivity index (χ1) is 9.60. The molecular weight excluding hydrogens is 252 g/mol. The third-order valence-electron chi connectivity index (χ3n) is 2.85. The molecule has 0 spiro atoms. The van der Waals surface area contributed by atoms with Crippen LogP contribution in [0.3, 0.4) is 0 Å². The molecule has 104 valence electrons. The van der Waals surface area contributed by atoms with Crippen LogP contribution in [-0.4, -0.2) is 12.5 Å². The Morgan fingerprint density at radius 2 is 1.90 bits per heavy atom. The topological polar surface area (TPSA) is 64.3 Å². The quantitative estimate of drug-likeness (QED) is 0.838. The summed E-state index contributed by atoms with van der Waals surface area (Å²) in [5.74, 6) is 0.396. The van der Waals surface area contributed by atoms with Gasteiger partial charge in [0.2, 0.25) is 0 Å². The lowest BCUT2D eigenvalue weighted by molar-refractivity contribution is 0.102. The van der Waals surface area contributed by atoms with E-state index in [0.29, 0.717) is 29.3 Å². The largest absolute Gasteiger partial charge is 0.493 e. The van der Waals surface area contributed by atoms with Crippen LogP contribution in [-0.2, 0) is 0 Å². The fraction of sp³-hybridized carbons (Fsp3) is 0.188. The first-order valence-electron chi connectivity index (χ1n) is 6.50. The molecule has 0 radical (unpaired) electrons. The van der Waals surface area contributed by atoms with Gasteiger partial charge in [-0.05, 0) is 50.2 Å². The van der Waals surface area contributed by atoms with Crippen LogP contribution in [0.4, 0.5) is 11.4 Å². The number of nitrogens with two attached hydrogens (primary N) is 1. The van der Waals surface area contributed by atoms with Gasteiger partial charge in [0.15, 0.2) is 0 Å². The highest BCUT2D eigenvalue weighted by Crippen LogP contribution is 2.22. The lowest BCUT2D eigenvalue weighted by atomic mass is 10.1. The Labute approximate surface area is 118 Å². The van der Waals surface area contributed by atoms with Crippen LogP contribution in [0.15, 0.2) is 42.5 Å². The number of carbonyl (C=O) groups excluding carboxylic acids is 1. The molecule has 4 nitrogen and oxygen atoms in total. The fourth-order valence-electron chi connectivity index (χ4n) is 1.87. The number of amides is 1. The smallest absolute Gasteiger partial charge is 0.259 e. The molecule has 2 aromatic rings. The van der Waals surface area contributed by atoms with E-state index in [-0.39, 0.29) is 5.91 Å². The Hall–Kier alpha value is -2.49. The van der Waals surface area contributed by atoms with Crippen molar-refractivity contribution in [2.24, 2.45) is 0 Å². The van der Waals surface area contributed by atoms with Gasteiger partial charge in [0.05, 0.1) is 12.2 Å². The normalized spacial score (nSPS) is 10.1. The molecule has 0 aliphatic rings. The highest BCUT2D eigenvalue weighted by atomic mass is 16.5. The van der Waals surface area contributed by atoms with E-state index < -0.39 is 0 Å². The summed E-state index contributed by atoms with van der Waals surface area (Å²) >= 11 is 0. The van der Waals surface area contributed by atoms with Crippen molar-refractivity contribution in [1.82, 2.24) is 0 Å². The maximum absolute atomic E-state index is 12.3. The summed E-state index contributed by atoms with van der Waals surface area (Å²) in [7, 11) is 0. The lowest BCUT2D eigenvalue weighted by Crippen LogP contribution is -2.14. The second-order valence-electron chi connectivity index (χ2n) is 4.51. The minimum Gasteiger partial charge on any atom is -0.493 e. The molecule has 0 bridgehead atoms. The molecule has 0 heterocycles. The van der Waals surface area contributed by atoms with Gasteiger partial charge in [0.25, 0.3) is 5.91 Å². The number of rotatable bonds is 4. The van der Waals surface area contributed by atoms with E-state index in [9.17, 15) is 4.79 Å². The maximum atomic E-state index is 12.3. The van der Waals surface area contributed by atoms with E-state index in [0.717, 1.165) is 5.56 Å². The first kappa shape index (κ1) is 13.9. The highest BCUT2D eigenvalue weighted by Gasteiger charge is 2.13. The average Bonchev–Trinajstić information content (AvgIpc) is 2.43. The van der Waals surface area contributed by atoms with E-state index in [1.807, 2.05) is 32.0 Å². The van der Waals surface area contributed by atoms with Gasteiger partial charge in [0.1, 0.15) is 5.75 Å². The van der Waals surface area contributed by atoms with Gasteiger partial charge < -0.3 is 15.8 Å². The third-order valence-corrected chi connectivity index (χ3v) is 2.85. The van der Waals surface area contributed by atoms with Crippen molar-refractivity contribution < 1.29 is 9.53 Å². The summed E-state index contributed by atoms with van der Waals surface area (Å²) in [6.45, 7) is 4.35. The number of ether oxygens (including phenoxy) is 1. The molecule has 2 rings (SSSR count). The first-order valence-corrected chi connectivity index (χ1v) is 6.50. The van der Waals surface area contributed by atoms with E-state index in [2.05, 4.69) is 5.32 Å². The van der Waals surface area contributed by atoms with Gasteiger partial charge in [-0.25, -0.2) is 0 Å². The average molecular weight is 270 g/mol. The van der Waals surface area contributed by atoms with Crippen LogP contribution in [0.2, 0.25) is 0 Å². The molecule has 3 N–H and O–H groups in total. The van der Waals surface area contributed by atoms with Crippen molar-refractivity contribution in [3.05, 3.63) is 53.6 Å². The number of hydrogen-bond acceptors (Lipinski definition) is 3. The number of anilines is 2. The summed E-state index contributed by atoms with van der Waals surface area (Å²) in [5, 5.41) is 2.84. The Morgan fingerprint density at radius 1 is 1.20 bits per heavy atom. The zero-order valence-corrected chi connectivity index (χ0v) is 11.6. The Morgan fingerprint density at radius 3 is 2.55 bits per heavy atom. The zero-order valence-electron chi connectivity index (χ0n) is 11.6. The predicted molar refractivity (Wildman–Crippen MR) is 81.2 cm³/mol. The zero-order chi connectivity index (χ0) is 14.5. The van der Waals surface area contributed by atoms with Crippen molar-refractivity contribution >= 4 is 17.3 Å². The van der Waals surface area contributed by atoms with Gasteiger partial charge in [-0.1, -0.05) is 11.6 Å². The maximum Gasteiger partial charge on any atom is 0.259 e. The van der Waals surface area contributed by atoms with Crippen molar-refractivity contribution in [1.29, 1.82) is 0 Å². The highest BCUT2D eigenvalue weighted by molar-refractivity contribution is 6.06. The molecule has 0 saturated heterocycles. The van der Waals surface area contributed by atoms with Gasteiger partial charge in [-0.2, -0.15) is 0 Å². The summed E-state index contributed by atoms with van der Waals surface area (Å²) in [5.41, 5.74) is 8.52. The molecule has 0 fully saturated rings. The Bertz CT molecular complexity index is 606. The van der Waals surface area contributed by atoms with Gasteiger partial charge in [0, 0.05) is 11.4 Å². The molecule has 2 aromatic carbocycles. The number of nitrogen functional groups attached to an aromatic ring is 1. The van der Waals surface area contributed by atoms with Crippen molar-refractivity contribution in [2.75, 3.05) is 17.7 Å². The van der Waals surface area contributed by atoms with E-state index in [4.69, 9.17) is 10.5 Å². The number of aryl methyl sites for hydroxylation is 1. The van der Waals surface area contributed by atoms with Gasteiger partial charge in [-0.15, -0.1) is 0 Å². The number of benzene rings is 2. The number of hydrogen-bond donors (Lipinski definition) is 2. The van der Waals surface area contributed by atoms with Gasteiger partial charge in [-0.3, -0.25) is 4.79 Å². The predicted octanol–water partition coefficient (Wildman–Crippen LogP) is 3.23. The summed E-state index contributed by atoms with van der Waals surface area (Å²) in [4.78, 5) is 12.3. The number of carbonyl (C=O) groups is 1. The van der Waals surface area contributed by atoms with Crippen molar-refractivity contribution in [3.8, 4) is 5.75 Å². The molecule has 20 heavy (non-hydrogen) atoms. The Balaban J connectivity index is 2.23. The molecular formula is C16H18N2O2. The van der Waals surface area contributed by atoms with Crippen LogP contribution < -0.4 is 15.8 Å². The monoisotopic (exact) mass is 270 g/mol. The molecule has 0 aromatic heterocycles. The second-order valence-corrected chi connectivity index (χ2v) is 4.51. The van der Waals surface area contributed by atoms with Crippen LogP contribution in [0.5, 0.6) is 5.75 Å². The molecule has 0 saturated carbocycles. The van der Waals surface area contributed by atoms with Crippen LogP contribution in [0.1, 0.15) is 22.8 Å². The van der Waals surface area contributed by atoms with Crippen LogP contribution in [0.25, 0.3) is 0 Å². The van der Waals surface area contributed by atoms with Crippen molar-refractivity contribution in [3.63, 3.8) is 0 Å². The molecule has 0 aliphatic carbocycles. The Kier molecular flexibility index (Phi) is 4.25. The van der Waals surface area contributed by atoms with E-state index >= 15 is 0 Å². The van der Waals surface area contributed by atoms with Gasteiger partial charge >= 0.3 is 0 Å². The minimum absolute atomic E-state index is 0.193. The lowest BCUT2D eigenvalue weighted by Gasteiger charge is -2.11. The third kappa shape index (κ3) is 3.29. The van der Waals surface area contributed by atoms with E-state index in [1.165, 1.54) is 0 Å². The molecule has 0 unspecified atom stereocenters. The van der Waals surface area contributed by atoms with Crippen molar-refractivity contribution in [2.45, 2.75) is 13.8 Å². The second kappa shape index (κ2) is 6.10. The molecule has 0 atom stereocenters. The van der Waals surface area contributed by atoms with Crippen LogP contribution >= 0.6 is 0 Å². The van der Waals surface area contributed by atoms with E-state index in [1.54, 1.807) is 24.3 Å². The summed E-state index contributed by atoms with van der Waals surface area (Å²) in [6.07, 6.45) is 0. The SMILES string of the molecule is CCOc1ccc(C)cc1C(=O)Nc1ccc(N)cc1. The summed E-state index contributed by atoms with van der Waals surface area (Å²) in [6, 6.07) is 12.6. The molecule has 0 aliphatic heterocycles. The molecule has 4 heteroatoms.